The second-order valence-corrected chi connectivity index (χ2v) is 3.33. The first-order chi connectivity index (χ1) is 5.63. The third-order valence-corrected chi connectivity index (χ3v) is 2.06. The van der Waals surface area contributed by atoms with E-state index < -0.39 is 0 Å². The van der Waals surface area contributed by atoms with E-state index in [0.717, 1.165) is 6.42 Å². The van der Waals surface area contributed by atoms with Crippen molar-refractivity contribution in [2.24, 2.45) is 0 Å². The molecule has 0 spiro atoms. The second kappa shape index (κ2) is 3.57. The zero-order valence-corrected chi connectivity index (χ0v) is 8.15. The van der Waals surface area contributed by atoms with Gasteiger partial charge in [0, 0.05) is 0 Å². The highest BCUT2D eigenvalue weighted by Gasteiger charge is 1.97. The molecule has 0 aliphatic rings. The van der Waals surface area contributed by atoms with Crippen molar-refractivity contribution in [2.45, 2.75) is 27.2 Å². The summed E-state index contributed by atoms with van der Waals surface area (Å²) in [5.41, 5.74) is 5.15. The Morgan fingerprint density at radius 3 is 2.08 bits per heavy atom. The molecule has 0 aliphatic heterocycles. The Kier molecular flexibility index (Phi) is 2.69. The van der Waals surface area contributed by atoms with Crippen LogP contribution in [0, 0.1) is 13.8 Å². The van der Waals surface area contributed by atoms with E-state index in [1.807, 2.05) is 0 Å². The fraction of sp³-hybridized carbons (Fsp3) is 0.333. The van der Waals surface area contributed by atoms with Gasteiger partial charge in [0.25, 0.3) is 0 Å². The van der Waals surface area contributed by atoms with Crippen molar-refractivity contribution in [2.75, 3.05) is 0 Å². The standard InChI is InChI=1S/C12H16/c1-5-11(4)12-7-9(2)6-10(3)8-12/h6-8H,4-5H2,1-3H3. The van der Waals surface area contributed by atoms with Crippen molar-refractivity contribution in [3.8, 4) is 0 Å². The molecule has 0 unspecified atom stereocenters. The summed E-state index contributed by atoms with van der Waals surface area (Å²) in [5.74, 6) is 0. The predicted molar refractivity (Wildman–Crippen MR) is 55.2 cm³/mol. The number of rotatable bonds is 2. The zero-order chi connectivity index (χ0) is 9.14. The summed E-state index contributed by atoms with van der Waals surface area (Å²) >= 11 is 0. The summed E-state index contributed by atoms with van der Waals surface area (Å²) in [5, 5.41) is 0. The lowest BCUT2D eigenvalue weighted by Gasteiger charge is -2.05. The van der Waals surface area contributed by atoms with Crippen LogP contribution in [0.1, 0.15) is 30.0 Å². The maximum atomic E-state index is 4.03. The highest BCUT2D eigenvalue weighted by molar-refractivity contribution is 5.64. The Balaban J connectivity index is 3.08. The first kappa shape index (κ1) is 9.05. The van der Waals surface area contributed by atoms with Crippen LogP contribution in [0.5, 0.6) is 0 Å². The lowest BCUT2D eigenvalue weighted by molar-refractivity contribution is 1.23. The van der Waals surface area contributed by atoms with Crippen LogP contribution in [-0.2, 0) is 0 Å². The Morgan fingerprint density at radius 1 is 1.17 bits per heavy atom. The molecule has 0 amide bonds. The Morgan fingerprint density at radius 2 is 1.67 bits per heavy atom. The third-order valence-electron chi connectivity index (χ3n) is 2.06. The van der Waals surface area contributed by atoms with Crippen molar-refractivity contribution in [1.82, 2.24) is 0 Å². The van der Waals surface area contributed by atoms with Gasteiger partial charge in [-0.3, -0.25) is 0 Å². The van der Waals surface area contributed by atoms with Crippen molar-refractivity contribution in [1.29, 1.82) is 0 Å². The zero-order valence-electron chi connectivity index (χ0n) is 8.15. The van der Waals surface area contributed by atoms with E-state index in [-0.39, 0.29) is 0 Å². The lowest BCUT2D eigenvalue weighted by Crippen LogP contribution is -1.84. The van der Waals surface area contributed by atoms with E-state index in [1.165, 1.54) is 22.3 Å². The molecular formula is C12H16. The van der Waals surface area contributed by atoms with Crippen LogP contribution in [-0.4, -0.2) is 0 Å². The molecule has 0 saturated heterocycles. The molecule has 0 saturated carbocycles. The summed E-state index contributed by atoms with van der Waals surface area (Å²) in [6, 6.07) is 6.57. The topological polar surface area (TPSA) is 0 Å². The maximum Gasteiger partial charge on any atom is -0.0225 e. The normalized spacial score (nSPS) is 9.92. The summed E-state index contributed by atoms with van der Waals surface area (Å²) in [7, 11) is 0. The van der Waals surface area contributed by atoms with Gasteiger partial charge in [-0.1, -0.05) is 42.8 Å². The molecule has 0 atom stereocenters. The molecule has 1 aromatic carbocycles. The van der Waals surface area contributed by atoms with E-state index in [9.17, 15) is 0 Å². The lowest BCUT2D eigenvalue weighted by atomic mass is 10.0. The Bertz CT molecular complexity index is 275. The van der Waals surface area contributed by atoms with Crippen LogP contribution in [0.25, 0.3) is 5.57 Å². The first-order valence-electron chi connectivity index (χ1n) is 4.40. The smallest absolute Gasteiger partial charge is 0.0225 e. The van der Waals surface area contributed by atoms with E-state index in [2.05, 4.69) is 45.5 Å². The van der Waals surface area contributed by atoms with Gasteiger partial charge in [0.2, 0.25) is 0 Å². The molecule has 0 fully saturated rings. The van der Waals surface area contributed by atoms with E-state index in [4.69, 9.17) is 0 Å². The second-order valence-electron chi connectivity index (χ2n) is 3.33. The molecule has 1 aromatic rings. The quantitative estimate of drug-likeness (QED) is 0.618. The molecule has 0 heterocycles. The van der Waals surface area contributed by atoms with Crippen LogP contribution in [0.2, 0.25) is 0 Å². The predicted octanol–water partition coefficient (Wildman–Crippen LogP) is 3.73. The Labute approximate surface area is 74.9 Å². The van der Waals surface area contributed by atoms with E-state index in [1.54, 1.807) is 0 Å². The molecular weight excluding hydrogens is 144 g/mol. The van der Waals surface area contributed by atoms with Crippen molar-refractivity contribution >= 4 is 5.57 Å². The number of aryl methyl sites for hydroxylation is 2. The molecule has 0 aromatic heterocycles. The minimum absolute atomic E-state index is 1.03. The number of hydrogen-bond acceptors (Lipinski definition) is 0. The summed E-state index contributed by atoms with van der Waals surface area (Å²) < 4.78 is 0. The van der Waals surface area contributed by atoms with Crippen LogP contribution >= 0.6 is 0 Å². The summed E-state index contributed by atoms with van der Waals surface area (Å²) in [4.78, 5) is 0. The van der Waals surface area contributed by atoms with Gasteiger partial charge in [-0.25, -0.2) is 0 Å². The fourth-order valence-electron chi connectivity index (χ4n) is 1.38. The molecule has 0 N–H and O–H groups in total. The molecule has 0 heteroatoms. The van der Waals surface area contributed by atoms with Gasteiger partial charge in [0.1, 0.15) is 0 Å². The highest BCUT2D eigenvalue weighted by Crippen LogP contribution is 2.18. The van der Waals surface area contributed by atoms with Crippen molar-refractivity contribution in [3.63, 3.8) is 0 Å². The van der Waals surface area contributed by atoms with Crippen molar-refractivity contribution < 1.29 is 0 Å². The minimum atomic E-state index is 1.03. The van der Waals surface area contributed by atoms with Gasteiger partial charge in [-0.05, 0) is 31.4 Å². The summed E-state index contributed by atoms with van der Waals surface area (Å²) in [6.45, 7) is 10.4. The fourth-order valence-corrected chi connectivity index (χ4v) is 1.38. The van der Waals surface area contributed by atoms with Crippen LogP contribution in [0.3, 0.4) is 0 Å². The van der Waals surface area contributed by atoms with Crippen LogP contribution in [0.15, 0.2) is 24.8 Å². The van der Waals surface area contributed by atoms with Crippen LogP contribution < -0.4 is 0 Å². The number of allylic oxidation sites excluding steroid dienone is 1. The van der Waals surface area contributed by atoms with Gasteiger partial charge in [-0.15, -0.1) is 0 Å². The van der Waals surface area contributed by atoms with Gasteiger partial charge in [0.15, 0.2) is 0 Å². The van der Waals surface area contributed by atoms with E-state index in [0.29, 0.717) is 0 Å². The monoisotopic (exact) mass is 160 g/mol. The molecule has 12 heavy (non-hydrogen) atoms. The summed E-state index contributed by atoms with van der Waals surface area (Å²) in [6.07, 6.45) is 1.03. The number of hydrogen-bond donors (Lipinski definition) is 0. The van der Waals surface area contributed by atoms with Gasteiger partial charge < -0.3 is 0 Å². The average Bonchev–Trinajstić information content (AvgIpc) is 2.01. The van der Waals surface area contributed by atoms with Crippen LogP contribution in [0.4, 0.5) is 0 Å². The SMILES string of the molecule is C=C(CC)c1cc(C)cc(C)c1. The largest absolute Gasteiger partial charge is 0.0952 e. The Hall–Kier alpha value is -1.04. The minimum Gasteiger partial charge on any atom is -0.0952 e. The molecule has 0 bridgehead atoms. The van der Waals surface area contributed by atoms with Crippen molar-refractivity contribution in [3.05, 3.63) is 41.5 Å². The van der Waals surface area contributed by atoms with E-state index >= 15 is 0 Å². The molecule has 0 nitrogen and oxygen atoms in total. The highest BCUT2D eigenvalue weighted by atomic mass is 14.0. The third kappa shape index (κ3) is 1.97. The molecule has 64 valence electrons. The van der Waals surface area contributed by atoms with Gasteiger partial charge in [0.05, 0.1) is 0 Å². The molecule has 1 rings (SSSR count). The molecule has 0 radical (unpaired) electrons. The first-order valence-corrected chi connectivity index (χ1v) is 4.40. The average molecular weight is 160 g/mol. The van der Waals surface area contributed by atoms with Gasteiger partial charge >= 0.3 is 0 Å². The number of benzene rings is 1. The van der Waals surface area contributed by atoms with Gasteiger partial charge in [-0.2, -0.15) is 0 Å². The maximum absolute atomic E-state index is 4.03. The molecule has 0 aliphatic carbocycles.